The fourth-order valence-corrected chi connectivity index (χ4v) is 4.51. The summed E-state index contributed by atoms with van der Waals surface area (Å²) in [6, 6.07) is 11.4. The maximum Gasteiger partial charge on any atom is 0.326 e. The Balaban J connectivity index is 1.72. The number of nitrogens with two attached hydrogens (primary N) is 1. The van der Waals surface area contributed by atoms with E-state index in [2.05, 4.69) is 23.3 Å². The van der Waals surface area contributed by atoms with E-state index in [1.807, 2.05) is 30.3 Å². The number of aliphatic carboxylic acids is 1. The zero-order valence-electron chi connectivity index (χ0n) is 20.2. The van der Waals surface area contributed by atoms with Crippen LogP contribution in [-0.4, -0.2) is 75.3 Å². The number of nitrogens with one attached hydrogen (secondary N) is 2. The number of carbonyl (C=O) groups is 4. The second-order valence-corrected chi connectivity index (χ2v) is 9.36. The molecule has 1 aliphatic rings. The molecule has 11 heteroatoms. The largest absolute Gasteiger partial charge is 0.508 e. The summed E-state index contributed by atoms with van der Waals surface area (Å²) in [4.78, 5) is 52.0. The van der Waals surface area contributed by atoms with Crippen molar-refractivity contribution in [2.45, 2.75) is 49.9 Å². The average molecular weight is 529 g/mol. The summed E-state index contributed by atoms with van der Waals surface area (Å²) < 4.78 is 0. The molecule has 1 saturated heterocycles. The van der Waals surface area contributed by atoms with Gasteiger partial charge in [-0.15, -0.1) is 0 Å². The Morgan fingerprint density at radius 1 is 0.946 bits per heavy atom. The normalized spacial score (nSPS) is 17.5. The number of thiol groups is 1. The number of carbonyl (C=O) groups excluding carboxylic acids is 3. The number of nitrogens with zero attached hydrogens (tertiary/aromatic N) is 1. The van der Waals surface area contributed by atoms with E-state index in [0.717, 1.165) is 11.1 Å². The van der Waals surface area contributed by atoms with Crippen molar-refractivity contribution in [3.05, 3.63) is 65.7 Å². The molecule has 6 N–H and O–H groups in total. The van der Waals surface area contributed by atoms with E-state index < -0.39 is 47.9 Å². The quantitative estimate of drug-likeness (QED) is 0.231. The molecule has 10 nitrogen and oxygen atoms in total. The minimum Gasteiger partial charge on any atom is -0.508 e. The van der Waals surface area contributed by atoms with Crippen LogP contribution in [0, 0.1) is 0 Å². The number of hydrogen-bond donors (Lipinski definition) is 6. The topological polar surface area (TPSA) is 162 Å². The molecule has 1 heterocycles. The molecule has 1 fully saturated rings. The molecule has 0 bridgehead atoms. The number of phenolic OH excluding ortho intramolecular Hbond substituents is 1. The molecule has 37 heavy (non-hydrogen) atoms. The van der Waals surface area contributed by atoms with E-state index in [4.69, 9.17) is 5.73 Å². The first-order valence-corrected chi connectivity index (χ1v) is 12.6. The molecule has 3 amide bonds. The summed E-state index contributed by atoms with van der Waals surface area (Å²) in [5, 5.41) is 24.2. The van der Waals surface area contributed by atoms with Crippen LogP contribution in [0.25, 0.3) is 0 Å². The van der Waals surface area contributed by atoms with Crippen molar-refractivity contribution < 1.29 is 29.4 Å². The number of hydrogen-bond acceptors (Lipinski definition) is 7. The van der Waals surface area contributed by atoms with Crippen molar-refractivity contribution >= 4 is 36.3 Å². The maximum absolute atomic E-state index is 13.3. The van der Waals surface area contributed by atoms with Crippen LogP contribution >= 0.6 is 12.6 Å². The molecule has 3 rings (SSSR count). The van der Waals surface area contributed by atoms with Gasteiger partial charge in [-0.2, -0.15) is 12.6 Å². The third-order valence-electron chi connectivity index (χ3n) is 6.26. The number of benzene rings is 2. The van der Waals surface area contributed by atoms with E-state index in [0.29, 0.717) is 12.8 Å². The smallest absolute Gasteiger partial charge is 0.326 e. The molecule has 2 aromatic rings. The highest BCUT2D eigenvalue weighted by molar-refractivity contribution is 7.80. The average Bonchev–Trinajstić information content (AvgIpc) is 3.39. The van der Waals surface area contributed by atoms with Crippen LogP contribution < -0.4 is 16.4 Å². The molecule has 4 unspecified atom stereocenters. The van der Waals surface area contributed by atoms with Crippen molar-refractivity contribution in [1.82, 2.24) is 15.5 Å². The standard InChI is InChI=1S/C26H32N4O6S/c27-19(13-17-8-10-18(31)11-9-17)23(32)28-20(14-16-5-2-1-3-6-16)24(33)29-21(15-37)25(34)30-12-4-7-22(30)26(35)36/h1-3,5-6,8-11,19-22,31,37H,4,7,12-15,27H2,(H,28,32)(H,29,33)(H,35,36). The number of carboxylic acids is 1. The van der Waals surface area contributed by atoms with Gasteiger partial charge in [-0.25, -0.2) is 4.79 Å². The van der Waals surface area contributed by atoms with Gasteiger partial charge in [0.05, 0.1) is 6.04 Å². The number of carboxylic acid groups (broad SMARTS) is 1. The van der Waals surface area contributed by atoms with Gasteiger partial charge in [0.2, 0.25) is 17.7 Å². The summed E-state index contributed by atoms with van der Waals surface area (Å²) in [6.07, 6.45) is 1.25. The highest BCUT2D eigenvalue weighted by Gasteiger charge is 2.38. The fourth-order valence-electron chi connectivity index (χ4n) is 4.26. The lowest BCUT2D eigenvalue weighted by molar-refractivity contribution is -0.149. The first-order chi connectivity index (χ1) is 17.7. The SMILES string of the molecule is NC(Cc1ccc(O)cc1)C(=O)NC(Cc1ccccc1)C(=O)NC(CS)C(=O)N1CCCC1C(=O)O. The Morgan fingerprint density at radius 3 is 2.19 bits per heavy atom. The molecule has 1 aliphatic heterocycles. The highest BCUT2D eigenvalue weighted by atomic mass is 32.1. The first kappa shape index (κ1) is 28.0. The Morgan fingerprint density at radius 2 is 1.57 bits per heavy atom. The van der Waals surface area contributed by atoms with Gasteiger partial charge in [0.25, 0.3) is 0 Å². The predicted molar refractivity (Wildman–Crippen MR) is 140 cm³/mol. The summed E-state index contributed by atoms with van der Waals surface area (Å²) in [5.74, 6) is -2.72. The predicted octanol–water partition coefficient (Wildman–Crippen LogP) is 0.480. The molecule has 0 aromatic heterocycles. The van der Waals surface area contributed by atoms with Gasteiger partial charge in [0.1, 0.15) is 23.9 Å². The second-order valence-electron chi connectivity index (χ2n) is 9.00. The Hall–Kier alpha value is -3.57. The summed E-state index contributed by atoms with van der Waals surface area (Å²) in [7, 11) is 0. The van der Waals surface area contributed by atoms with Crippen LogP contribution in [0.1, 0.15) is 24.0 Å². The Kier molecular flexibility index (Phi) is 9.93. The van der Waals surface area contributed by atoms with Crippen molar-refractivity contribution in [1.29, 1.82) is 0 Å². The van der Waals surface area contributed by atoms with Crippen LogP contribution in [0.2, 0.25) is 0 Å². The minimum absolute atomic E-state index is 0.0419. The summed E-state index contributed by atoms with van der Waals surface area (Å²) in [6.45, 7) is 0.284. The number of likely N-dealkylation sites (tertiary alicyclic amines) is 1. The van der Waals surface area contributed by atoms with Gasteiger partial charge in [-0.05, 0) is 42.5 Å². The van der Waals surface area contributed by atoms with Crippen molar-refractivity contribution in [2.75, 3.05) is 12.3 Å². The van der Waals surface area contributed by atoms with E-state index in [9.17, 15) is 29.4 Å². The number of amides is 3. The summed E-state index contributed by atoms with van der Waals surface area (Å²) >= 11 is 4.20. The van der Waals surface area contributed by atoms with Crippen molar-refractivity contribution in [3.63, 3.8) is 0 Å². The van der Waals surface area contributed by atoms with Gasteiger partial charge in [-0.3, -0.25) is 14.4 Å². The number of aromatic hydroxyl groups is 1. The van der Waals surface area contributed by atoms with Gasteiger partial charge >= 0.3 is 5.97 Å². The van der Waals surface area contributed by atoms with Gasteiger partial charge < -0.3 is 31.5 Å². The van der Waals surface area contributed by atoms with Crippen LogP contribution in [0.3, 0.4) is 0 Å². The second kappa shape index (κ2) is 13.1. The van der Waals surface area contributed by atoms with E-state index >= 15 is 0 Å². The molecule has 0 radical (unpaired) electrons. The molecule has 198 valence electrons. The summed E-state index contributed by atoms with van der Waals surface area (Å²) in [5.41, 5.74) is 7.62. The molecule has 0 spiro atoms. The van der Waals surface area contributed by atoms with Crippen LogP contribution in [0.4, 0.5) is 0 Å². The first-order valence-electron chi connectivity index (χ1n) is 12.0. The Bertz CT molecular complexity index is 1100. The number of rotatable bonds is 11. The van der Waals surface area contributed by atoms with Crippen molar-refractivity contribution in [2.24, 2.45) is 5.73 Å². The molecule has 2 aromatic carbocycles. The van der Waals surface area contributed by atoms with Crippen LogP contribution in [-0.2, 0) is 32.0 Å². The Labute approximate surface area is 220 Å². The lowest BCUT2D eigenvalue weighted by Crippen LogP contribution is -2.58. The molecule has 0 saturated carbocycles. The number of phenols is 1. The van der Waals surface area contributed by atoms with E-state index in [1.54, 1.807) is 12.1 Å². The van der Waals surface area contributed by atoms with Crippen LogP contribution in [0.5, 0.6) is 5.75 Å². The minimum atomic E-state index is -1.09. The zero-order chi connectivity index (χ0) is 26.9. The van der Waals surface area contributed by atoms with Gasteiger partial charge in [0, 0.05) is 18.7 Å². The molecule has 0 aliphatic carbocycles. The van der Waals surface area contributed by atoms with Crippen molar-refractivity contribution in [3.8, 4) is 5.75 Å². The van der Waals surface area contributed by atoms with E-state index in [1.165, 1.54) is 17.0 Å². The molecule has 4 atom stereocenters. The zero-order valence-corrected chi connectivity index (χ0v) is 21.1. The lowest BCUT2D eigenvalue weighted by atomic mass is 10.0. The molecular weight excluding hydrogens is 496 g/mol. The van der Waals surface area contributed by atoms with Gasteiger partial charge in [-0.1, -0.05) is 42.5 Å². The highest BCUT2D eigenvalue weighted by Crippen LogP contribution is 2.19. The third-order valence-corrected chi connectivity index (χ3v) is 6.63. The monoisotopic (exact) mass is 528 g/mol. The van der Waals surface area contributed by atoms with Crippen LogP contribution in [0.15, 0.2) is 54.6 Å². The third kappa shape index (κ3) is 7.70. The molecular formula is C26H32N4O6S. The lowest BCUT2D eigenvalue weighted by Gasteiger charge is -2.28. The fraction of sp³-hybridized carbons (Fsp3) is 0.385. The maximum atomic E-state index is 13.3. The van der Waals surface area contributed by atoms with Gasteiger partial charge in [0.15, 0.2) is 0 Å². The van der Waals surface area contributed by atoms with E-state index in [-0.39, 0.29) is 30.9 Å².